The van der Waals surface area contributed by atoms with Gasteiger partial charge >= 0.3 is 0 Å². The first-order chi connectivity index (χ1) is 5.95. The molecule has 0 aromatic heterocycles. The van der Waals surface area contributed by atoms with Crippen LogP contribution in [-0.4, -0.2) is 42.3 Å². The second kappa shape index (κ2) is 5.80. The zero-order chi connectivity index (χ0) is 10.3. The van der Waals surface area contributed by atoms with E-state index in [9.17, 15) is 5.11 Å². The predicted molar refractivity (Wildman–Crippen MR) is 52.4 cm³/mol. The fourth-order valence-electron chi connectivity index (χ4n) is 1.20. The summed E-state index contributed by atoms with van der Waals surface area (Å²) in [5, 5.41) is 12.9. The Kier molecular flexibility index (Phi) is 5.46. The Morgan fingerprint density at radius 1 is 1.54 bits per heavy atom. The Labute approximate surface area is 79.0 Å². The standard InChI is InChI=1S/C8H18N4O/c1-8(2,13)7-12(3)6-4-5-10-11-9/h13H,4-7H2,1-3H3. The Balaban J connectivity index is 3.51. The van der Waals surface area contributed by atoms with Gasteiger partial charge in [-0.15, -0.1) is 0 Å². The molecule has 0 unspecified atom stereocenters. The number of azide groups is 1. The average molecular weight is 186 g/mol. The molecule has 0 radical (unpaired) electrons. The van der Waals surface area contributed by atoms with Crippen LogP contribution in [0.5, 0.6) is 0 Å². The third-order valence-corrected chi connectivity index (χ3v) is 1.52. The molecule has 0 aliphatic rings. The maximum atomic E-state index is 9.47. The molecule has 1 N–H and O–H groups in total. The van der Waals surface area contributed by atoms with E-state index in [1.54, 1.807) is 13.8 Å². The van der Waals surface area contributed by atoms with Gasteiger partial charge in [0.1, 0.15) is 0 Å². The van der Waals surface area contributed by atoms with Crippen LogP contribution in [0.4, 0.5) is 0 Å². The first kappa shape index (κ1) is 12.2. The van der Waals surface area contributed by atoms with Crippen molar-refractivity contribution < 1.29 is 5.11 Å². The van der Waals surface area contributed by atoms with Gasteiger partial charge in [-0.1, -0.05) is 5.11 Å². The van der Waals surface area contributed by atoms with E-state index in [0.717, 1.165) is 13.0 Å². The van der Waals surface area contributed by atoms with E-state index in [2.05, 4.69) is 10.0 Å². The Morgan fingerprint density at radius 3 is 2.62 bits per heavy atom. The minimum absolute atomic E-state index is 0.521. The lowest BCUT2D eigenvalue weighted by molar-refractivity contribution is 0.0445. The summed E-state index contributed by atoms with van der Waals surface area (Å²) >= 11 is 0. The maximum absolute atomic E-state index is 9.47. The molecule has 0 aromatic rings. The fraction of sp³-hybridized carbons (Fsp3) is 1.00. The minimum atomic E-state index is -0.659. The van der Waals surface area contributed by atoms with Crippen molar-refractivity contribution in [3.8, 4) is 0 Å². The van der Waals surface area contributed by atoms with Gasteiger partial charge in [-0.05, 0) is 39.4 Å². The number of rotatable bonds is 6. The van der Waals surface area contributed by atoms with Crippen LogP contribution in [0.1, 0.15) is 20.3 Å². The summed E-state index contributed by atoms with van der Waals surface area (Å²) in [5.74, 6) is 0. The monoisotopic (exact) mass is 186 g/mol. The van der Waals surface area contributed by atoms with Gasteiger partial charge in [0.25, 0.3) is 0 Å². The summed E-state index contributed by atoms with van der Waals surface area (Å²) in [7, 11) is 1.94. The molecule has 0 aromatic carbocycles. The van der Waals surface area contributed by atoms with Gasteiger partial charge in [-0.2, -0.15) is 0 Å². The number of hydrogen-bond donors (Lipinski definition) is 1. The van der Waals surface area contributed by atoms with Gasteiger partial charge < -0.3 is 10.0 Å². The van der Waals surface area contributed by atoms with E-state index in [1.165, 1.54) is 0 Å². The largest absolute Gasteiger partial charge is 0.389 e. The highest BCUT2D eigenvalue weighted by Crippen LogP contribution is 2.03. The molecule has 0 aliphatic heterocycles. The van der Waals surface area contributed by atoms with E-state index in [0.29, 0.717) is 13.1 Å². The predicted octanol–water partition coefficient (Wildman–Crippen LogP) is 1.39. The van der Waals surface area contributed by atoms with E-state index >= 15 is 0 Å². The minimum Gasteiger partial charge on any atom is -0.389 e. The molecule has 5 heteroatoms. The molecule has 0 saturated heterocycles. The Morgan fingerprint density at radius 2 is 2.15 bits per heavy atom. The first-order valence-electron chi connectivity index (χ1n) is 4.37. The molecular weight excluding hydrogens is 168 g/mol. The van der Waals surface area contributed by atoms with Gasteiger partial charge in [-0.3, -0.25) is 0 Å². The molecule has 0 amide bonds. The third kappa shape index (κ3) is 9.14. The average Bonchev–Trinajstić information content (AvgIpc) is 1.94. The van der Waals surface area contributed by atoms with Crippen LogP contribution in [0.25, 0.3) is 10.4 Å². The number of likely N-dealkylation sites (N-methyl/N-ethyl adjacent to an activating group) is 1. The van der Waals surface area contributed by atoms with Crippen LogP contribution in [0.3, 0.4) is 0 Å². The van der Waals surface area contributed by atoms with Crippen molar-refractivity contribution in [2.75, 3.05) is 26.7 Å². The van der Waals surface area contributed by atoms with Crippen molar-refractivity contribution in [3.63, 3.8) is 0 Å². The van der Waals surface area contributed by atoms with Gasteiger partial charge in [0.2, 0.25) is 0 Å². The van der Waals surface area contributed by atoms with Crippen LogP contribution >= 0.6 is 0 Å². The maximum Gasteiger partial charge on any atom is 0.0718 e. The first-order valence-corrected chi connectivity index (χ1v) is 4.37. The SMILES string of the molecule is CN(CCCN=[N+]=[N-])CC(C)(C)O. The van der Waals surface area contributed by atoms with Crippen LogP contribution in [0, 0.1) is 0 Å². The Bertz CT molecular complexity index is 181. The zero-order valence-corrected chi connectivity index (χ0v) is 8.56. The molecule has 5 nitrogen and oxygen atoms in total. The Hall–Kier alpha value is -0.770. The lowest BCUT2D eigenvalue weighted by Crippen LogP contribution is -2.36. The van der Waals surface area contributed by atoms with E-state index < -0.39 is 5.60 Å². The topological polar surface area (TPSA) is 72.2 Å². The summed E-state index contributed by atoms with van der Waals surface area (Å²) in [6.45, 7) is 5.53. The number of aliphatic hydroxyl groups is 1. The van der Waals surface area contributed by atoms with Crippen LogP contribution in [0.15, 0.2) is 5.11 Å². The van der Waals surface area contributed by atoms with Gasteiger partial charge in [-0.25, -0.2) is 0 Å². The van der Waals surface area contributed by atoms with Gasteiger partial charge in [0.15, 0.2) is 0 Å². The highest BCUT2D eigenvalue weighted by atomic mass is 16.3. The molecule has 0 rings (SSSR count). The molecule has 13 heavy (non-hydrogen) atoms. The lowest BCUT2D eigenvalue weighted by atomic mass is 10.1. The van der Waals surface area contributed by atoms with Gasteiger partial charge in [0, 0.05) is 18.0 Å². The van der Waals surface area contributed by atoms with Crippen molar-refractivity contribution in [1.29, 1.82) is 0 Å². The van der Waals surface area contributed by atoms with Crippen molar-refractivity contribution in [2.45, 2.75) is 25.9 Å². The molecule has 0 saturated carbocycles. The summed E-state index contributed by atoms with van der Waals surface area (Å²) in [6.07, 6.45) is 0.830. The second-order valence-electron chi connectivity index (χ2n) is 3.86. The van der Waals surface area contributed by atoms with Gasteiger partial charge in [0.05, 0.1) is 5.60 Å². The van der Waals surface area contributed by atoms with Crippen molar-refractivity contribution in [1.82, 2.24) is 4.90 Å². The fourth-order valence-corrected chi connectivity index (χ4v) is 1.20. The highest BCUT2D eigenvalue weighted by Gasteiger charge is 2.14. The van der Waals surface area contributed by atoms with Crippen LogP contribution < -0.4 is 0 Å². The summed E-state index contributed by atoms with van der Waals surface area (Å²) in [5.41, 5.74) is 7.36. The van der Waals surface area contributed by atoms with Crippen molar-refractivity contribution in [2.24, 2.45) is 5.11 Å². The van der Waals surface area contributed by atoms with E-state index in [1.807, 2.05) is 11.9 Å². The van der Waals surface area contributed by atoms with E-state index in [4.69, 9.17) is 5.53 Å². The molecule has 0 bridgehead atoms. The summed E-state index contributed by atoms with van der Waals surface area (Å²) < 4.78 is 0. The summed E-state index contributed by atoms with van der Waals surface area (Å²) in [4.78, 5) is 4.68. The normalized spacial score (nSPS) is 11.5. The lowest BCUT2D eigenvalue weighted by Gasteiger charge is -2.25. The zero-order valence-electron chi connectivity index (χ0n) is 8.56. The van der Waals surface area contributed by atoms with E-state index in [-0.39, 0.29) is 0 Å². The quantitative estimate of drug-likeness (QED) is 0.294. The molecule has 76 valence electrons. The number of nitrogens with zero attached hydrogens (tertiary/aromatic N) is 4. The van der Waals surface area contributed by atoms with Crippen LogP contribution in [-0.2, 0) is 0 Å². The molecule has 0 fully saturated rings. The second-order valence-corrected chi connectivity index (χ2v) is 3.86. The molecule has 0 spiro atoms. The van der Waals surface area contributed by atoms with Crippen molar-refractivity contribution >= 4 is 0 Å². The highest BCUT2D eigenvalue weighted by molar-refractivity contribution is 4.69. The third-order valence-electron chi connectivity index (χ3n) is 1.52. The molecule has 0 atom stereocenters. The molecule has 0 heterocycles. The number of hydrogen-bond acceptors (Lipinski definition) is 3. The van der Waals surface area contributed by atoms with Crippen LogP contribution in [0.2, 0.25) is 0 Å². The molecular formula is C8H18N4O. The summed E-state index contributed by atoms with van der Waals surface area (Å²) in [6, 6.07) is 0. The smallest absolute Gasteiger partial charge is 0.0718 e. The van der Waals surface area contributed by atoms with Crippen molar-refractivity contribution in [3.05, 3.63) is 10.4 Å². The molecule has 0 aliphatic carbocycles.